The smallest absolute Gasteiger partial charge is 0.341 e. The zero-order valence-corrected chi connectivity index (χ0v) is 14.8. The van der Waals surface area contributed by atoms with E-state index in [2.05, 4.69) is 10.4 Å². The number of carbonyl (C=O) groups is 3. The maximum absolute atomic E-state index is 12.2. The largest absolute Gasteiger partial charge is 0.462 e. The number of ketones is 1. The maximum Gasteiger partial charge on any atom is 0.341 e. The molecule has 0 aliphatic rings. The number of aryl methyl sites for hydroxylation is 1. The van der Waals surface area contributed by atoms with Crippen LogP contribution in [0.3, 0.4) is 0 Å². The van der Waals surface area contributed by atoms with Crippen molar-refractivity contribution in [1.82, 2.24) is 9.78 Å². The molecule has 2 rings (SSSR count). The molecule has 0 aromatic carbocycles. The van der Waals surface area contributed by atoms with Crippen LogP contribution >= 0.6 is 11.3 Å². The predicted octanol–water partition coefficient (Wildman–Crippen LogP) is 2.58. The highest BCUT2D eigenvalue weighted by Gasteiger charge is 2.25. The Hall–Kier alpha value is -2.48. The Kier molecular flexibility index (Phi) is 5.50. The summed E-state index contributed by atoms with van der Waals surface area (Å²) in [5, 5.41) is 7.16. The van der Waals surface area contributed by atoms with Crippen LogP contribution in [0.2, 0.25) is 0 Å². The Morgan fingerprint density at radius 1 is 1.33 bits per heavy atom. The molecule has 0 aliphatic heterocycles. The van der Waals surface area contributed by atoms with Gasteiger partial charge in [-0.25, -0.2) is 4.79 Å². The quantitative estimate of drug-likeness (QED) is 0.639. The number of amides is 1. The number of Topliss-reactive ketones (excluding diaryl/α,β-unsaturated/α-hetero) is 1. The molecule has 0 atom stereocenters. The van der Waals surface area contributed by atoms with Gasteiger partial charge < -0.3 is 10.1 Å². The number of thiophene rings is 1. The molecule has 0 spiro atoms. The van der Waals surface area contributed by atoms with Crippen molar-refractivity contribution in [2.24, 2.45) is 0 Å². The molecule has 2 aromatic rings. The van der Waals surface area contributed by atoms with E-state index in [1.54, 1.807) is 26.1 Å². The first-order valence-electron chi connectivity index (χ1n) is 7.44. The van der Waals surface area contributed by atoms with Crippen LogP contribution in [0.25, 0.3) is 0 Å². The second kappa shape index (κ2) is 7.39. The summed E-state index contributed by atoms with van der Waals surface area (Å²) in [7, 11) is 0. The Morgan fingerprint density at radius 3 is 2.58 bits per heavy atom. The third kappa shape index (κ3) is 3.88. The lowest BCUT2D eigenvalue weighted by molar-refractivity contribution is -0.116. The zero-order chi connectivity index (χ0) is 17.9. The average molecular weight is 349 g/mol. The molecule has 0 radical (unpaired) electrons. The van der Waals surface area contributed by atoms with Gasteiger partial charge in [0, 0.05) is 6.20 Å². The third-order valence-electron chi connectivity index (χ3n) is 3.28. The van der Waals surface area contributed by atoms with Crippen molar-refractivity contribution in [2.45, 2.75) is 34.2 Å². The van der Waals surface area contributed by atoms with Gasteiger partial charge in [-0.05, 0) is 39.3 Å². The molecule has 0 saturated heterocycles. The van der Waals surface area contributed by atoms with Gasteiger partial charge >= 0.3 is 5.97 Å². The molecule has 0 unspecified atom stereocenters. The summed E-state index contributed by atoms with van der Waals surface area (Å²) in [6, 6.07) is 1.79. The van der Waals surface area contributed by atoms with Gasteiger partial charge in [-0.1, -0.05) is 0 Å². The number of anilines is 1. The van der Waals surface area contributed by atoms with E-state index in [1.165, 1.54) is 11.6 Å². The number of esters is 1. The Morgan fingerprint density at radius 2 is 2.04 bits per heavy atom. The van der Waals surface area contributed by atoms with Crippen LogP contribution in [-0.4, -0.2) is 34.0 Å². The van der Waals surface area contributed by atoms with Crippen LogP contribution in [0.1, 0.15) is 45.1 Å². The second-order valence-corrected chi connectivity index (χ2v) is 6.26. The van der Waals surface area contributed by atoms with Crippen LogP contribution in [-0.2, 0) is 16.1 Å². The predicted molar refractivity (Wildman–Crippen MR) is 90.6 cm³/mol. The number of hydrogen-bond donors (Lipinski definition) is 1. The van der Waals surface area contributed by atoms with Crippen LogP contribution in [0.15, 0.2) is 12.3 Å². The van der Waals surface area contributed by atoms with Gasteiger partial charge in [0.05, 0.1) is 22.7 Å². The summed E-state index contributed by atoms with van der Waals surface area (Å²) in [5.41, 5.74) is 1.56. The minimum absolute atomic E-state index is 0.0163. The fourth-order valence-electron chi connectivity index (χ4n) is 2.25. The van der Waals surface area contributed by atoms with Crippen LogP contribution in [0.5, 0.6) is 0 Å². The Bertz CT molecular complexity index is 791. The van der Waals surface area contributed by atoms with E-state index in [0.717, 1.165) is 17.0 Å². The number of nitrogens with one attached hydrogen (secondary N) is 1. The van der Waals surface area contributed by atoms with E-state index in [-0.39, 0.29) is 30.4 Å². The van der Waals surface area contributed by atoms with Crippen molar-refractivity contribution in [3.05, 3.63) is 34.0 Å². The second-order valence-electron chi connectivity index (χ2n) is 5.24. The molecule has 8 heteroatoms. The first-order valence-corrected chi connectivity index (χ1v) is 8.26. The summed E-state index contributed by atoms with van der Waals surface area (Å²) in [6.45, 7) is 6.85. The maximum atomic E-state index is 12.2. The Balaban J connectivity index is 2.27. The van der Waals surface area contributed by atoms with Crippen LogP contribution in [0, 0.1) is 13.8 Å². The lowest BCUT2D eigenvalue weighted by Gasteiger charge is -2.07. The number of rotatable bonds is 6. The number of aromatic nitrogens is 2. The summed E-state index contributed by atoms with van der Waals surface area (Å²) >= 11 is 1.08. The molecular weight excluding hydrogens is 330 g/mol. The molecule has 0 aliphatic carbocycles. The molecule has 0 saturated carbocycles. The third-order valence-corrected chi connectivity index (χ3v) is 4.59. The lowest BCUT2D eigenvalue weighted by Crippen LogP contribution is -2.20. The Labute approximate surface area is 143 Å². The van der Waals surface area contributed by atoms with Gasteiger partial charge in [0.1, 0.15) is 11.5 Å². The average Bonchev–Trinajstić information content (AvgIpc) is 3.02. The van der Waals surface area contributed by atoms with E-state index in [4.69, 9.17) is 4.74 Å². The molecule has 2 heterocycles. The monoisotopic (exact) mass is 349 g/mol. The number of ether oxygens (including phenoxy) is 1. The minimum Gasteiger partial charge on any atom is -0.462 e. The molecule has 0 bridgehead atoms. The summed E-state index contributed by atoms with van der Waals surface area (Å²) in [4.78, 5) is 36.5. The van der Waals surface area contributed by atoms with Gasteiger partial charge in [0.25, 0.3) is 0 Å². The van der Waals surface area contributed by atoms with E-state index in [1.807, 2.05) is 6.92 Å². The van der Waals surface area contributed by atoms with Gasteiger partial charge in [0.2, 0.25) is 5.91 Å². The van der Waals surface area contributed by atoms with Crippen LogP contribution < -0.4 is 5.32 Å². The molecule has 128 valence electrons. The fourth-order valence-corrected chi connectivity index (χ4v) is 3.36. The van der Waals surface area contributed by atoms with E-state index in [9.17, 15) is 14.4 Å². The lowest BCUT2D eigenvalue weighted by atomic mass is 10.1. The van der Waals surface area contributed by atoms with Crippen molar-refractivity contribution in [3.8, 4) is 0 Å². The van der Waals surface area contributed by atoms with Crippen LogP contribution in [0.4, 0.5) is 5.00 Å². The summed E-state index contributed by atoms with van der Waals surface area (Å²) in [5.74, 6) is -1.05. The van der Waals surface area contributed by atoms with E-state index < -0.39 is 5.97 Å². The number of nitrogens with zero attached hydrogens (tertiary/aromatic N) is 2. The van der Waals surface area contributed by atoms with Crippen molar-refractivity contribution in [1.29, 1.82) is 0 Å². The molecular formula is C16H19N3O4S. The number of hydrogen-bond acceptors (Lipinski definition) is 6. The molecule has 0 fully saturated rings. The van der Waals surface area contributed by atoms with Crippen molar-refractivity contribution in [3.63, 3.8) is 0 Å². The van der Waals surface area contributed by atoms with Crippen molar-refractivity contribution >= 4 is 34.0 Å². The topological polar surface area (TPSA) is 90.3 Å². The fraction of sp³-hybridized carbons (Fsp3) is 0.375. The number of carbonyl (C=O) groups excluding carboxylic acids is 3. The molecule has 1 amide bonds. The highest BCUT2D eigenvalue weighted by molar-refractivity contribution is 7.18. The first kappa shape index (κ1) is 17.9. The summed E-state index contributed by atoms with van der Waals surface area (Å²) < 4.78 is 6.53. The van der Waals surface area contributed by atoms with E-state index in [0.29, 0.717) is 15.4 Å². The molecule has 24 heavy (non-hydrogen) atoms. The van der Waals surface area contributed by atoms with Gasteiger partial charge in [0.15, 0.2) is 5.78 Å². The standard InChI is InChI=1S/C16H19N3O4S/c1-5-23-16(22)13-10(3)14(11(4)20)24-15(13)17-12(21)8-19-7-6-9(2)18-19/h6-7H,5,8H2,1-4H3,(H,17,21). The SMILES string of the molecule is CCOC(=O)c1c(NC(=O)Cn2ccc(C)n2)sc(C(C)=O)c1C. The molecule has 2 aromatic heterocycles. The van der Waals surface area contributed by atoms with Crippen molar-refractivity contribution in [2.75, 3.05) is 11.9 Å². The minimum atomic E-state index is -0.552. The zero-order valence-electron chi connectivity index (χ0n) is 14.0. The highest BCUT2D eigenvalue weighted by Crippen LogP contribution is 2.34. The molecule has 1 N–H and O–H groups in total. The van der Waals surface area contributed by atoms with Crippen molar-refractivity contribution < 1.29 is 19.1 Å². The van der Waals surface area contributed by atoms with Gasteiger partial charge in [-0.2, -0.15) is 5.10 Å². The molecule has 7 nitrogen and oxygen atoms in total. The highest BCUT2D eigenvalue weighted by atomic mass is 32.1. The normalized spacial score (nSPS) is 10.5. The van der Waals surface area contributed by atoms with E-state index >= 15 is 0 Å². The first-order chi connectivity index (χ1) is 11.3. The van der Waals surface area contributed by atoms with Gasteiger partial charge in [-0.15, -0.1) is 11.3 Å². The summed E-state index contributed by atoms with van der Waals surface area (Å²) in [6.07, 6.45) is 1.70. The van der Waals surface area contributed by atoms with Gasteiger partial charge in [-0.3, -0.25) is 14.3 Å².